The number of aliphatic hydroxyl groups excluding tert-OH is 1. The smallest absolute Gasteiger partial charge is 0.211 e. The Hall–Kier alpha value is -1.95. The summed E-state index contributed by atoms with van der Waals surface area (Å²) in [5, 5.41) is 11.2. The number of aryl methyl sites for hydroxylation is 1. The molecule has 1 heterocycles. The highest BCUT2D eigenvalue weighted by Gasteiger charge is 2.13. The summed E-state index contributed by atoms with van der Waals surface area (Å²) in [6.45, 7) is 0.564. The van der Waals surface area contributed by atoms with Crippen molar-refractivity contribution in [2.24, 2.45) is 12.0 Å². The van der Waals surface area contributed by atoms with Crippen LogP contribution in [0.2, 0.25) is 20.1 Å². The second kappa shape index (κ2) is 8.66. The third-order valence-electron chi connectivity index (χ3n) is 4.89. The van der Waals surface area contributed by atoms with Gasteiger partial charge in [-0.15, -0.1) is 0 Å². The Kier molecular flexibility index (Phi) is 6.14. The van der Waals surface area contributed by atoms with Gasteiger partial charge in [-0.25, -0.2) is 4.99 Å². The standard InChI is InChI=1S/C22H17Cl4N3O/c1-28-20-9-18(25)19(26)10-21(20)29(11-13-2-4-14(12-30)5-3-13)22(28)27-15-6-7-16(23)17(24)8-15/h2-10,30H,11-12H2,1H3/b27-22-. The van der Waals surface area contributed by atoms with Gasteiger partial charge in [0.25, 0.3) is 0 Å². The molecule has 0 spiro atoms. The minimum atomic E-state index is 0.00765. The number of hydrogen-bond acceptors (Lipinski definition) is 2. The Morgan fingerprint density at radius 3 is 2.00 bits per heavy atom. The van der Waals surface area contributed by atoms with Crippen LogP contribution >= 0.6 is 46.4 Å². The molecular formula is C22H17Cl4N3O. The van der Waals surface area contributed by atoms with Crippen LogP contribution in [-0.4, -0.2) is 14.2 Å². The SMILES string of the molecule is Cn1/c(=N/c2ccc(Cl)c(Cl)c2)n(Cc2ccc(CO)cc2)c2cc(Cl)c(Cl)cc21. The van der Waals surface area contributed by atoms with E-state index in [0.29, 0.717) is 37.9 Å². The van der Waals surface area contributed by atoms with Gasteiger partial charge < -0.3 is 14.2 Å². The number of benzene rings is 3. The van der Waals surface area contributed by atoms with Crippen LogP contribution < -0.4 is 5.62 Å². The van der Waals surface area contributed by atoms with Gasteiger partial charge in [0.1, 0.15) is 0 Å². The number of hydrogen-bond donors (Lipinski definition) is 1. The number of aromatic nitrogens is 2. The molecule has 0 saturated heterocycles. The third-order valence-corrected chi connectivity index (χ3v) is 6.35. The summed E-state index contributed by atoms with van der Waals surface area (Å²) in [6, 6.07) is 16.7. The molecule has 30 heavy (non-hydrogen) atoms. The minimum Gasteiger partial charge on any atom is -0.392 e. The first-order valence-corrected chi connectivity index (χ1v) is 10.6. The minimum absolute atomic E-state index is 0.00765. The first-order chi connectivity index (χ1) is 14.4. The van der Waals surface area contributed by atoms with Crippen molar-refractivity contribution in [3.63, 3.8) is 0 Å². The molecule has 0 unspecified atom stereocenters. The number of fused-ring (bicyclic) bond motifs is 1. The molecule has 3 aromatic carbocycles. The predicted molar refractivity (Wildman–Crippen MR) is 124 cm³/mol. The van der Waals surface area contributed by atoms with Crippen LogP contribution in [0.15, 0.2) is 59.6 Å². The summed E-state index contributed by atoms with van der Waals surface area (Å²) in [6.07, 6.45) is 0. The largest absolute Gasteiger partial charge is 0.392 e. The highest BCUT2D eigenvalue weighted by Crippen LogP contribution is 2.29. The summed E-state index contributed by atoms with van der Waals surface area (Å²) in [4.78, 5) is 4.83. The molecule has 0 fully saturated rings. The van der Waals surface area contributed by atoms with Gasteiger partial charge in [-0.05, 0) is 41.5 Å². The van der Waals surface area contributed by atoms with Gasteiger partial charge in [-0.2, -0.15) is 0 Å². The van der Waals surface area contributed by atoms with Crippen molar-refractivity contribution in [1.82, 2.24) is 9.13 Å². The van der Waals surface area contributed by atoms with Crippen molar-refractivity contribution < 1.29 is 5.11 Å². The summed E-state index contributed by atoms with van der Waals surface area (Å²) >= 11 is 24.8. The molecule has 8 heteroatoms. The molecule has 0 aliphatic carbocycles. The number of aliphatic hydroxyl groups is 1. The first-order valence-electron chi connectivity index (χ1n) is 9.10. The van der Waals surface area contributed by atoms with E-state index in [1.54, 1.807) is 12.1 Å². The Bertz CT molecular complexity index is 1310. The van der Waals surface area contributed by atoms with Gasteiger partial charge in [-0.1, -0.05) is 70.7 Å². The van der Waals surface area contributed by atoms with Crippen LogP contribution in [-0.2, 0) is 20.2 Å². The van der Waals surface area contributed by atoms with Gasteiger partial charge in [0.2, 0.25) is 5.62 Å². The molecule has 1 aromatic heterocycles. The fraction of sp³-hybridized carbons (Fsp3) is 0.136. The number of rotatable bonds is 4. The van der Waals surface area contributed by atoms with Crippen LogP contribution in [0, 0.1) is 0 Å². The summed E-state index contributed by atoms with van der Waals surface area (Å²) in [5.74, 6) is 0. The molecule has 4 rings (SSSR count). The molecule has 0 aliphatic rings. The van der Waals surface area contributed by atoms with E-state index in [0.717, 1.165) is 22.2 Å². The van der Waals surface area contributed by atoms with Crippen LogP contribution in [0.5, 0.6) is 0 Å². The van der Waals surface area contributed by atoms with Crippen LogP contribution in [0.3, 0.4) is 0 Å². The summed E-state index contributed by atoms with van der Waals surface area (Å²) < 4.78 is 4.02. The van der Waals surface area contributed by atoms with Crippen molar-refractivity contribution in [3.05, 3.63) is 91.4 Å². The summed E-state index contributed by atoms with van der Waals surface area (Å²) in [7, 11) is 1.92. The van der Waals surface area contributed by atoms with Crippen molar-refractivity contribution in [3.8, 4) is 0 Å². The van der Waals surface area contributed by atoms with E-state index >= 15 is 0 Å². The van der Waals surface area contributed by atoms with E-state index < -0.39 is 0 Å². The highest BCUT2D eigenvalue weighted by molar-refractivity contribution is 6.43. The normalized spacial score (nSPS) is 12.1. The molecule has 4 aromatic rings. The van der Waals surface area contributed by atoms with Gasteiger partial charge in [-0.3, -0.25) is 0 Å². The van der Waals surface area contributed by atoms with Gasteiger partial charge in [0.15, 0.2) is 0 Å². The number of nitrogens with zero attached hydrogens (tertiary/aromatic N) is 3. The van der Waals surface area contributed by atoms with E-state index in [2.05, 4.69) is 4.57 Å². The quantitative estimate of drug-likeness (QED) is 0.362. The molecule has 0 radical (unpaired) electrons. The lowest BCUT2D eigenvalue weighted by Crippen LogP contribution is -2.24. The monoisotopic (exact) mass is 479 g/mol. The van der Waals surface area contributed by atoms with E-state index in [4.69, 9.17) is 51.4 Å². The Morgan fingerprint density at radius 2 is 1.37 bits per heavy atom. The highest BCUT2D eigenvalue weighted by atomic mass is 35.5. The van der Waals surface area contributed by atoms with Crippen LogP contribution in [0.25, 0.3) is 11.0 Å². The van der Waals surface area contributed by atoms with Gasteiger partial charge in [0, 0.05) is 7.05 Å². The second-order valence-electron chi connectivity index (χ2n) is 6.89. The van der Waals surface area contributed by atoms with Crippen LogP contribution in [0.1, 0.15) is 11.1 Å². The molecule has 0 atom stereocenters. The molecule has 0 aliphatic heterocycles. The predicted octanol–water partition coefficient (Wildman–Crippen LogP) is 6.37. The van der Waals surface area contributed by atoms with Crippen molar-refractivity contribution in [2.45, 2.75) is 13.2 Å². The molecule has 0 amide bonds. The molecule has 1 N–H and O–H groups in total. The maximum absolute atomic E-state index is 9.30. The van der Waals surface area contributed by atoms with E-state index in [1.165, 1.54) is 0 Å². The zero-order chi connectivity index (χ0) is 21.4. The summed E-state index contributed by atoms with van der Waals surface area (Å²) in [5.41, 5.74) is 5.09. The van der Waals surface area contributed by atoms with Crippen molar-refractivity contribution in [2.75, 3.05) is 0 Å². The zero-order valence-corrected chi connectivity index (χ0v) is 18.9. The van der Waals surface area contributed by atoms with Gasteiger partial charge >= 0.3 is 0 Å². The molecular weight excluding hydrogens is 464 g/mol. The fourth-order valence-electron chi connectivity index (χ4n) is 3.30. The lowest BCUT2D eigenvalue weighted by atomic mass is 10.1. The zero-order valence-electron chi connectivity index (χ0n) is 15.9. The molecule has 0 saturated carbocycles. The molecule has 4 nitrogen and oxygen atoms in total. The van der Waals surface area contributed by atoms with Crippen molar-refractivity contribution >= 4 is 63.1 Å². The average molecular weight is 481 g/mol. The average Bonchev–Trinajstić information content (AvgIpc) is 2.97. The van der Waals surface area contributed by atoms with E-state index in [1.807, 2.05) is 54.1 Å². The lowest BCUT2D eigenvalue weighted by Gasteiger charge is -2.07. The van der Waals surface area contributed by atoms with E-state index in [-0.39, 0.29) is 6.61 Å². The third kappa shape index (κ3) is 4.11. The second-order valence-corrected chi connectivity index (χ2v) is 8.51. The Morgan fingerprint density at radius 1 is 0.767 bits per heavy atom. The topological polar surface area (TPSA) is 42.5 Å². The number of halogens is 4. The first kappa shape index (κ1) is 21.3. The van der Waals surface area contributed by atoms with Crippen LogP contribution in [0.4, 0.5) is 5.69 Å². The Balaban J connectivity index is 1.95. The van der Waals surface area contributed by atoms with Crippen molar-refractivity contribution in [1.29, 1.82) is 0 Å². The maximum Gasteiger partial charge on any atom is 0.211 e. The lowest BCUT2D eigenvalue weighted by molar-refractivity contribution is 0.282. The number of imidazole rings is 1. The fourth-order valence-corrected chi connectivity index (χ4v) is 3.91. The molecule has 154 valence electrons. The van der Waals surface area contributed by atoms with Gasteiger partial charge in [0.05, 0.1) is 50.0 Å². The molecule has 0 bridgehead atoms. The maximum atomic E-state index is 9.30. The Labute approximate surface area is 193 Å². The van der Waals surface area contributed by atoms with E-state index in [9.17, 15) is 5.11 Å².